The summed E-state index contributed by atoms with van der Waals surface area (Å²) in [5.41, 5.74) is 4.70. The van der Waals surface area contributed by atoms with Gasteiger partial charge in [-0.05, 0) is 51.6 Å². The minimum atomic E-state index is 1.05. The van der Waals surface area contributed by atoms with Crippen LogP contribution in [-0.4, -0.2) is 10.7 Å². The standard InChI is InChI=1S/C17H22N2S/c1-6-12(4)14-10-15(16-8-7-9-20-16)19-17(14)13(5)18-11(2)3/h7-10,19H,6H2,1-5H3/b14-12+,17-13+. The lowest BCUT2D eigenvalue weighted by molar-refractivity contribution is 1.18. The van der Waals surface area contributed by atoms with E-state index in [0.29, 0.717) is 0 Å². The molecule has 0 fully saturated rings. The molecule has 0 saturated carbocycles. The maximum absolute atomic E-state index is 4.61. The Bertz CT molecular complexity index is 727. The van der Waals surface area contributed by atoms with Gasteiger partial charge in [0.15, 0.2) is 0 Å². The molecule has 1 N–H and O–H groups in total. The summed E-state index contributed by atoms with van der Waals surface area (Å²) in [4.78, 5) is 9.43. The summed E-state index contributed by atoms with van der Waals surface area (Å²) >= 11 is 1.76. The van der Waals surface area contributed by atoms with E-state index in [0.717, 1.165) is 23.2 Å². The van der Waals surface area contributed by atoms with E-state index in [9.17, 15) is 0 Å². The van der Waals surface area contributed by atoms with Crippen molar-refractivity contribution >= 4 is 28.3 Å². The highest BCUT2D eigenvalue weighted by atomic mass is 32.1. The Morgan fingerprint density at radius 2 is 2.00 bits per heavy atom. The smallest absolute Gasteiger partial charge is 0.0674 e. The quantitative estimate of drug-likeness (QED) is 0.828. The highest BCUT2D eigenvalue weighted by Gasteiger charge is 2.05. The lowest BCUT2D eigenvalue weighted by atomic mass is 10.1. The molecule has 2 aromatic rings. The molecule has 0 aromatic carbocycles. The molecule has 0 aliphatic rings. The minimum absolute atomic E-state index is 1.05. The van der Waals surface area contributed by atoms with Gasteiger partial charge in [-0.2, -0.15) is 0 Å². The Balaban J connectivity index is 2.78. The lowest BCUT2D eigenvalue weighted by Gasteiger charge is -1.95. The molecule has 0 radical (unpaired) electrons. The number of nitrogens with zero attached hydrogens (tertiary/aromatic N) is 1. The van der Waals surface area contributed by atoms with Crippen LogP contribution >= 0.6 is 11.3 Å². The lowest BCUT2D eigenvalue weighted by Crippen LogP contribution is -2.26. The van der Waals surface area contributed by atoms with E-state index >= 15 is 0 Å². The number of nitrogens with one attached hydrogen (secondary N) is 1. The number of hydrogen-bond acceptors (Lipinski definition) is 2. The minimum Gasteiger partial charge on any atom is -0.352 e. The van der Waals surface area contributed by atoms with E-state index in [2.05, 4.69) is 54.3 Å². The summed E-state index contributed by atoms with van der Waals surface area (Å²) in [6, 6.07) is 6.49. The zero-order chi connectivity index (χ0) is 14.7. The Hall–Kier alpha value is -1.61. The molecule has 0 bridgehead atoms. The van der Waals surface area contributed by atoms with Crippen molar-refractivity contribution in [3.63, 3.8) is 0 Å². The van der Waals surface area contributed by atoms with Gasteiger partial charge in [0, 0.05) is 10.9 Å². The van der Waals surface area contributed by atoms with E-state index in [1.165, 1.54) is 21.4 Å². The van der Waals surface area contributed by atoms with Crippen molar-refractivity contribution in [3.05, 3.63) is 34.1 Å². The molecule has 0 saturated heterocycles. The number of H-pyrrole nitrogens is 1. The fraction of sp³-hybridized carbons (Fsp3) is 0.353. The molecule has 2 nitrogen and oxygen atoms in total. The Morgan fingerprint density at radius 3 is 2.55 bits per heavy atom. The second kappa shape index (κ2) is 6.23. The van der Waals surface area contributed by atoms with E-state index in [4.69, 9.17) is 0 Å². The molecule has 0 unspecified atom stereocenters. The van der Waals surface area contributed by atoms with Crippen LogP contribution in [0.5, 0.6) is 0 Å². The summed E-state index contributed by atoms with van der Waals surface area (Å²) < 4.78 is 0. The first-order valence-corrected chi connectivity index (χ1v) is 7.86. The van der Waals surface area contributed by atoms with Crippen molar-refractivity contribution in [3.8, 4) is 10.6 Å². The molecule has 0 aliphatic heterocycles. The second-order valence-corrected chi connectivity index (χ2v) is 6.17. The van der Waals surface area contributed by atoms with Crippen LogP contribution in [0, 0.1) is 0 Å². The van der Waals surface area contributed by atoms with Crippen molar-refractivity contribution in [2.24, 2.45) is 4.99 Å². The van der Waals surface area contributed by atoms with E-state index in [1.807, 2.05) is 13.8 Å². The van der Waals surface area contributed by atoms with Gasteiger partial charge in [0.25, 0.3) is 0 Å². The van der Waals surface area contributed by atoms with Gasteiger partial charge >= 0.3 is 0 Å². The zero-order valence-electron chi connectivity index (χ0n) is 12.9. The third kappa shape index (κ3) is 3.10. The molecule has 106 valence electrons. The normalized spacial score (nSPS) is 14.1. The Morgan fingerprint density at radius 1 is 1.25 bits per heavy atom. The third-order valence-corrected chi connectivity index (χ3v) is 4.25. The van der Waals surface area contributed by atoms with Crippen LogP contribution < -0.4 is 10.6 Å². The van der Waals surface area contributed by atoms with Crippen LogP contribution in [0.2, 0.25) is 0 Å². The van der Waals surface area contributed by atoms with Crippen molar-refractivity contribution in [2.75, 3.05) is 0 Å². The fourth-order valence-electron chi connectivity index (χ4n) is 2.22. The van der Waals surface area contributed by atoms with Gasteiger partial charge in [-0.15, -0.1) is 11.3 Å². The molecule has 0 amide bonds. The summed E-state index contributed by atoms with van der Waals surface area (Å²) in [5.74, 6) is 0. The van der Waals surface area contributed by atoms with Gasteiger partial charge in [-0.3, -0.25) is 4.99 Å². The predicted molar refractivity (Wildman–Crippen MR) is 90.6 cm³/mol. The van der Waals surface area contributed by atoms with Crippen molar-refractivity contribution in [1.29, 1.82) is 0 Å². The molecule has 20 heavy (non-hydrogen) atoms. The van der Waals surface area contributed by atoms with Crippen molar-refractivity contribution < 1.29 is 0 Å². The first kappa shape index (κ1) is 14.8. The van der Waals surface area contributed by atoms with Gasteiger partial charge in [0.2, 0.25) is 0 Å². The van der Waals surface area contributed by atoms with Crippen LogP contribution in [0.25, 0.3) is 21.8 Å². The number of rotatable bonds is 3. The van der Waals surface area contributed by atoms with Crippen molar-refractivity contribution in [1.82, 2.24) is 4.98 Å². The molecular formula is C17H22N2S. The van der Waals surface area contributed by atoms with Crippen LogP contribution in [0.1, 0.15) is 41.0 Å². The number of aromatic amines is 1. The molecule has 0 atom stereocenters. The first-order chi connectivity index (χ1) is 9.52. The molecule has 2 heterocycles. The number of thiophene rings is 1. The number of hydrogen-bond donors (Lipinski definition) is 1. The second-order valence-electron chi connectivity index (χ2n) is 5.23. The molecule has 3 heteroatoms. The average molecular weight is 286 g/mol. The molecule has 2 aromatic heterocycles. The van der Waals surface area contributed by atoms with Gasteiger partial charge in [0.05, 0.1) is 21.6 Å². The SMILES string of the molecule is CC/C(C)=c1\cc(-c2cccs2)[nH]\c1=C(/C)N=C(C)C. The van der Waals surface area contributed by atoms with Gasteiger partial charge < -0.3 is 4.98 Å². The summed E-state index contributed by atoms with van der Waals surface area (Å²) in [6.45, 7) is 10.5. The molecule has 0 aliphatic carbocycles. The Kier molecular flexibility index (Phi) is 4.61. The van der Waals surface area contributed by atoms with E-state index in [-0.39, 0.29) is 0 Å². The maximum atomic E-state index is 4.61. The van der Waals surface area contributed by atoms with Gasteiger partial charge in [-0.1, -0.05) is 18.6 Å². The predicted octanol–water partition coefficient (Wildman–Crippen LogP) is 3.93. The van der Waals surface area contributed by atoms with Crippen LogP contribution in [-0.2, 0) is 0 Å². The highest BCUT2D eigenvalue weighted by molar-refractivity contribution is 7.13. The topological polar surface area (TPSA) is 28.1 Å². The van der Waals surface area contributed by atoms with Gasteiger partial charge in [-0.25, -0.2) is 0 Å². The highest BCUT2D eigenvalue weighted by Crippen LogP contribution is 2.20. The van der Waals surface area contributed by atoms with Crippen LogP contribution in [0.3, 0.4) is 0 Å². The summed E-state index contributed by atoms with van der Waals surface area (Å²) in [7, 11) is 0. The van der Waals surface area contributed by atoms with E-state index in [1.54, 1.807) is 11.3 Å². The van der Waals surface area contributed by atoms with Crippen LogP contribution in [0.15, 0.2) is 28.6 Å². The van der Waals surface area contributed by atoms with Gasteiger partial charge in [0.1, 0.15) is 0 Å². The summed E-state index contributed by atoms with van der Waals surface area (Å²) in [6.07, 6.45) is 1.05. The van der Waals surface area contributed by atoms with E-state index < -0.39 is 0 Å². The fourth-order valence-corrected chi connectivity index (χ4v) is 2.92. The monoisotopic (exact) mass is 286 g/mol. The molecular weight excluding hydrogens is 264 g/mol. The van der Waals surface area contributed by atoms with Crippen molar-refractivity contribution in [2.45, 2.75) is 41.0 Å². The average Bonchev–Trinajstić information content (AvgIpc) is 3.05. The summed E-state index contributed by atoms with van der Waals surface area (Å²) in [5, 5.41) is 4.55. The Labute approximate surface area is 124 Å². The zero-order valence-corrected chi connectivity index (χ0v) is 13.7. The third-order valence-electron chi connectivity index (χ3n) is 3.35. The molecule has 2 rings (SSSR count). The first-order valence-electron chi connectivity index (χ1n) is 6.98. The maximum Gasteiger partial charge on any atom is 0.0674 e. The largest absolute Gasteiger partial charge is 0.352 e. The molecule has 0 spiro atoms. The number of aromatic nitrogens is 1. The number of aliphatic imine (C=N–C) groups is 1. The van der Waals surface area contributed by atoms with Crippen LogP contribution in [0.4, 0.5) is 0 Å².